The van der Waals surface area contributed by atoms with Crippen LogP contribution in [0.25, 0.3) is 0 Å². The van der Waals surface area contributed by atoms with Crippen molar-refractivity contribution in [3.05, 3.63) is 35.6 Å². The van der Waals surface area contributed by atoms with Gasteiger partial charge in [-0.2, -0.15) is 0 Å². The molecular formula is C15H21FN2O3. The van der Waals surface area contributed by atoms with Crippen LogP contribution in [0.15, 0.2) is 24.3 Å². The molecule has 2 rings (SSSR count). The molecule has 0 aliphatic carbocycles. The highest BCUT2D eigenvalue weighted by Gasteiger charge is 2.23. The van der Waals surface area contributed by atoms with E-state index >= 15 is 0 Å². The van der Waals surface area contributed by atoms with E-state index in [4.69, 9.17) is 4.74 Å². The average Bonchev–Trinajstić information content (AvgIpc) is 2.49. The van der Waals surface area contributed by atoms with E-state index in [1.807, 2.05) is 0 Å². The van der Waals surface area contributed by atoms with Crippen molar-refractivity contribution in [2.24, 2.45) is 0 Å². The fraction of sp³-hybridized carbons (Fsp3) is 0.533. The maximum Gasteiger partial charge on any atom is 0.409 e. The van der Waals surface area contributed by atoms with Gasteiger partial charge in [-0.25, -0.2) is 9.18 Å². The van der Waals surface area contributed by atoms with Gasteiger partial charge in [0, 0.05) is 32.7 Å². The predicted molar refractivity (Wildman–Crippen MR) is 76.4 cm³/mol. The van der Waals surface area contributed by atoms with E-state index in [1.54, 1.807) is 24.0 Å². The Morgan fingerprint density at radius 1 is 1.29 bits per heavy atom. The number of carbonyl (C=O) groups is 1. The summed E-state index contributed by atoms with van der Waals surface area (Å²) in [6, 6.07) is 5.87. The van der Waals surface area contributed by atoms with Crippen LogP contribution in [0, 0.1) is 5.82 Å². The SMILES string of the molecule is CCOC(=O)N1CCN(C[C@@H](O)c2ccc(F)cc2)CC1. The minimum atomic E-state index is -0.653. The average molecular weight is 296 g/mol. The molecule has 0 spiro atoms. The summed E-state index contributed by atoms with van der Waals surface area (Å²) in [4.78, 5) is 15.3. The van der Waals surface area contributed by atoms with Gasteiger partial charge in [0.15, 0.2) is 0 Å². The van der Waals surface area contributed by atoms with Crippen molar-refractivity contribution < 1.29 is 19.0 Å². The first-order valence-corrected chi connectivity index (χ1v) is 7.17. The van der Waals surface area contributed by atoms with Crippen molar-refractivity contribution in [3.8, 4) is 0 Å². The van der Waals surface area contributed by atoms with E-state index in [2.05, 4.69) is 4.90 Å². The number of hydrogen-bond donors (Lipinski definition) is 1. The van der Waals surface area contributed by atoms with Crippen molar-refractivity contribution in [3.63, 3.8) is 0 Å². The van der Waals surface area contributed by atoms with Gasteiger partial charge < -0.3 is 14.7 Å². The van der Waals surface area contributed by atoms with Crippen LogP contribution in [-0.4, -0.2) is 60.3 Å². The monoisotopic (exact) mass is 296 g/mol. The zero-order valence-electron chi connectivity index (χ0n) is 12.2. The molecule has 1 heterocycles. The molecule has 1 fully saturated rings. The second kappa shape index (κ2) is 7.38. The number of aliphatic hydroxyl groups is 1. The molecule has 1 saturated heterocycles. The van der Waals surface area contributed by atoms with Crippen LogP contribution in [0.4, 0.5) is 9.18 Å². The van der Waals surface area contributed by atoms with Crippen LogP contribution >= 0.6 is 0 Å². The number of benzene rings is 1. The second-order valence-electron chi connectivity index (χ2n) is 5.05. The number of nitrogens with zero attached hydrogens (tertiary/aromatic N) is 2. The molecule has 0 bridgehead atoms. The molecule has 0 radical (unpaired) electrons. The third kappa shape index (κ3) is 4.41. The van der Waals surface area contributed by atoms with Gasteiger partial charge in [0.2, 0.25) is 0 Å². The smallest absolute Gasteiger partial charge is 0.409 e. The number of aliphatic hydroxyl groups excluding tert-OH is 1. The normalized spacial score (nSPS) is 17.6. The fourth-order valence-electron chi connectivity index (χ4n) is 2.36. The van der Waals surface area contributed by atoms with Gasteiger partial charge in [0.1, 0.15) is 5.82 Å². The lowest BCUT2D eigenvalue weighted by Gasteiger charge is -2.35. The summed E-state index contributed by atoms with van der Waals surface area (Å²) >= 11 is 0. The molecule has 1 N–H and O–H groups in total. The lowest BCUT2D eigenvalue weighted by molar-refractivity contribution is 0.0578. The zero-order valence-corrected chi connectivity index (χ0v) is 12.2. The molecule has 0 unspecified atom stereocenters. The molecule has 1 aromatic carbocycles. The van der Waals surface area contributed by atoms with Crippen LogP contribution in [0.5, 0.6) is 0 Å². The Labute approximate surface area is 123 Å². The molecule has 5 nitrogen and oxygen atoms in total. The maximum atomic E-state index is 12.8. The van der Waals surface area contributed by atoms with Gasteiger partial charge in [0.05, 0.1) is 12.7 Å². The highest BCUT2D eigenvalue weighted by Crippen LogP contribution is 2.16. The van der Waals surface area contributed by atoms with Crippen LogP contribution in [-0.2, 0) is 4.74 Å². The molecule has 1 aliphatic rings. The summed E-state index contributed by atoms with van der Waals surface area (Å²) in [5.74, 6) is -0.311. The lowest BCUT2D eigenvalue weighted by atomic mass is 10.1. The van der Waals surface area contributed by atoms with Crippen molar-refractivity contribution in [2.45, 2.75) is 13.0 Å². The standard InChI is InChI=1S/C15H21FN2O3/c1-2-21-15(20)18-9-7-17(8-10-18)11-14(19)12-3-5-13(16)6-4-12/h3-6,14,19H,2,7-11H2,1H3/t14-/m1/s1. The molecule has 0 saturated carbocycles. The Morgan fingerprint density at radius 3 is 2.48 bits per heavy atom. The van der Waals surface area contributed by atoms with Gasteiger partial charge in [-0.15, -0.1) is 0 Å². The Bertz CT molecular complexity index is 458. The number of rotatable bonds is 4. The number of ether oxygens (including phenoxy) is 1. The molecule has 0 aromatic heterocycles. The first-order valence-electron chi connectivity index (χ1n) is 7.17. The largest absolute Gasteiger partial charge is 0.450 e. The summed E-state index contributed by atoms with van der Waals surface area (Å²) in [6.07, 6.45) is -0.934. The minimum Gasteiger partial charge on any atom is -0.450 e. The summed E-state index contributed by atoms with van der Waals surface area (Å²) in [5.41, 5.74) is 0.698. The topological polar surface area (TPSA) is 53.0 Å². The number of β-amino-alcohol motifs (C(OH)–C–C–N with tert-alkyl or cyclic N) is 1. The fourth-order valence-corrected chi connectivity index (χ4v) is 2.36. The molecular weight excluding hydrogens is 275 g/mol. The lowest BCUT2D eigenvalue weighted by Crippen LogP contribution is -2.49. The first kappa shape index (κ1) is 15.7. The highest BCUT2D eigenvalue weighted by atomic mass is 19.1. The molecule has 1 atom stereocenters. The highest BCUT2D eigenvalue weighted by molar-refractivity contribution is 5.67. The van der Waals surface area contributed by atoms with Crippen molar-refractivity contribution >= 4 is 6.09 Å². The minimum absolute atomic E-state index is 0.281. The van der Waals surface area contributed by atoms with Gasteiger partial charge in [-0.3, -0.25) is 4.90 Å². The van der Waals surface area contributed by atoms with E-state index in [0.29, 0.717) is 44.9 Å². The number of amides is 1. The van der Waals surface area contributed by atoms with Crippen molar-refractivity contribution in [1.82, 2.24) is 9.80 Å². The summed E-state index contributed by atoms with van der Waals surface area (Å²) in [5, 5.41) is 10.2. The summed E-state index contributed by atoms with van der Waals surface area (Å²) in [6.45, 7) is 5.20. The van der Waals surface area contributed by atoms with Crippen molar-refractivity contribution in [1.29, 1.82) is 0 Å². The number of carbonyl (C=O) groups excluding carboxylic acids is 1. The van der Waals surface area contributed by atoms with E-state index < -0.39 is 6.10 Å². The van der Waals surface area contributed by atoms with Crippen LogP contribution in [0.1, 0.15) is 18.6 Å². The Morgan fingerprint density at radius 2 is 1.90 bits per heavy atom. The van der Waals surface area contributed by atoms with E-state index in [-0.39, 0.29) is 11.9 Å². The van der Waals surface area contributed by atoms with Gasteiger partial charge in [-0.05, 0) is 24.6 Å². The number of halogens is 1. The van der Waals surface area contributed by atoms with Gasteiger partial charge >= 0.3 is 6.09 Å². The zero-order chi connectivity index (χ0) is 15.2. The molecule has 116 valence electrons. The third-order valence-electron chi connectivity index (χ3n) is 3.58. The molecule has 21 heavy (non-hydrogen) atoms. The van der Waals surface area contributed by atoms with Crippen LogP contribution in [0.3, 0.4) is 0 Å². The Hall–Kier alpha value is -1.66. The van der Waals surface area contributed by atoms with E-state index in [1.165, 1.54) is 12.1 Å². The molecule has 1 amide bonds. The second-order valence-corrected chi connectivity index (χ2v) is 5.05. The number of hydrogen-bond acceptors (Lipinski definition) is 4. The number of piperazine rings is 1. The summed E-state index contributed by atoms with van der Waals surface area (Å²) < 4.78 is 17.8. The maximum absolute atomic E-state index is 12.8. The Balaban J connectivity index is 1.80. The third-order valence-corrected chi connectivity index (χ3v) is 3.58. The summed E-state index contributed by atoms with van der Waals surface area (Å²) in [7, 11) is 0. The van der Waals surface area contributed by atoms with Crippen molar-refractivity contribution in [2.75, 3.05) is 39.3 Å². The van der Waals surface area contributed by atoms with Gasteiger partial charge in [-0.1, -0.05) is 12.1 Å². The molecule has 1 aliphatic heterocycles. The van der Waals surface area contributed by atoms with Gasteiger partial charge in [0.25, 0.3) is 0 Å². The molecule has 1 aromatic rings. The predicted octanol–water partition coefficient (Wildman–Crippen LogP) is 1.63. The van der Waals surface area contributed by atoms with E-state index in [0.717, 1.165) is 0 Å². The van der Waals surface area contributed by atoms with E-state index in [9.17, 15) is 14.3 Å². The first-order chi connectivity index (χ1) is 10.1. The van der Waals surface area contributed by atoms with Crippen LogP contribution < -0.4 is 0 Å². The Kier molecular flexibility index (Phi) is 5.52. The quantitative estimate of drug-likeness (QED) is 0.917. The molecule has 6 heteroatoms. The van der Waals surface area contributed by atoms with Crippen LogP contribution in [0.2, 0.25) is 0 Å².